The van der Waals surface area contributed by atoms with Gasteiger partial charge < -0.3 is 10.0 Å². The van der Waals surface area contributed by atoms with Crippen molar-refractivity contribution in [2.75, 3.05) is 13.2 Å². The SMILES string of the molecule is Cc1cc(C(=O)N(CCCO)C(C)C)c2ccccc2n1. The Kier molecular flexibility index (Phi) is 4.91. The molecule has 0 saturated heterocycles. The van der Waals surface area contributed by atoms with Crippen molar-refractivity contribution >= 4 is 16.8 Å². The van der Waals surface area contributed by atoms with E-state index in [1.807, 2.05) is 51.1 Å². The van der Waals surface area contributed by atoms with Crippen molar-refractivity contribution in [1.29, 1.82) is 0 Å². The van der Waals surface area contributed by atoms with E-state index in [1.54, 1.807) is 4.90 Å². The van der Waals surface area contributed by atoms with Crippen molar-refractivity contribution < 1.29 is 9.90 Å². The fourth-order valence-corrected chi connectivity index (χ4v) is 2.47. The molecule has 2 rings (SSSR count). The van der Waals surface area contributed by atoms with Gasteiger partial charge in [-0.1, -0.05) is 18.2 Å². The Balaban J connectivity index is 2.46. The van der Waals surface area contributed by atoms with Crippen LogP contribution in [0.3, 0.4) is 0 Å². The number of hydrogen-bond donors (Lipinski definition) is 1. The quantitative estimate of drug-likeness (QED) is 0.919. The van der Waals surface area contributed by atoms with Crippen LogP contribution in [0.1, 0.15) is 36.3 Å². The molecule has 112 valence electrons. The van der Waals surface area contributed by atoms with Crippen LogP contribution in [0.2, 0.25) is 0 Å². The maximum atomic E-state index is 12.9. The fraction of sp³-hybridized carbons (Fsp3) is 0.412. The maximum absolute atomic E-state index is 12.9. The van der Waals surface area contributed by atoms with Crippen molar-refractivity contribution in [3.63, 3.8) is 0 Å². The Morgan fingerprint density at radius 2 is 2.05 bits per heavy atom. The highest BCUT2D eigenvalue weighted by Crippen LogP contribution is 2.21. The van der Waals surface area contributed by atoms with Crippen molar-refractivity contribution in [2.45, 2.75) is 33.2 Å². The molecular formula is C17H22N2O2. The molecule has 1 amide bonds. The summed E-state index contributed by atoms with van der Waals surface area (Å²) in [6.45, 7) is 6.53. The molecule has 1 heterocycles. The smallest absolute Gasteiger partial charge is 0.254 e. The Labute approximate surface area is 125 Å². The molecule has 0 atom stereocenters. The minimum Gasteiger partial charge on any atom is -0.396 e. The number of hydrogen-bond acceptors (Lipinski definition) is 3. The van der Waals surface area contributed by atoms with Gasteiger partial charge in [0.1, 0.15) is 0 Å². The second kappa shape index (κ2) is 6.68. The predicted octanol–water partition coefficient (Wildman–Crippen LogP) is 2.78. The first-order chi connectivity index (χ1) is 10.0. The van der Waals surface area contributed by atoms with Crippen LogP contribution in [-0.4, -0.2) is 40.1 Å². The second-order valence-corrected chi connectivity index (χ2v) is 5.50. The molecule has 0 radical (unpaired) electrons. The van der Waals surface area contributed by atoms with Crippen LogP contribution in [0.4, 0.5) is 0 Å². The summed E-state index contributed by atoms with van der Waals surface area (Å²) in [6.07, 6.45) is 0.589. The van der Waals surface area contributed by atoms with E-state index in [9.17, 15) is 4.79 Å². The zero-order valence-electron chi connectivity index (χ0n) is 12.8. The second-order valence-electron chi connectivity index (χ2n) is 5.50. The third kappa shape index (κ3) is 3.39. The number of aromatic nitrogens is 1. The van der Waals surface area contributed by atoms with Crippen LogP contribution in [0.15, 0.2) is 30.3 Å². The molecule has 1 aromatic carbocycles. The molecule has 0 saturated carbocycles. The van der Waals surface area contributed by atoms with Crippen LogP contribution in [0, 0.1) is 6.92 Å². The molecule has 1 aromatic heterocycles. The molecule has 4 heteroatoms. The van der Waals surface area contributed by atoms with Crippen LogP contribution >= 0.6 is 0 Å². The van der Waals surface area contributed by atoms with Crippen molar-refractivity contribution in [1.82, 2.24) is 9.88 Å². The topological polar surface area (TPSA) is 53.4 Å². The van der Waals surface area contributed by atoms with Crippen LogP contribution in [0.5, 0.6) is 0 Å². The van der Waals surface area contributed by atoms with Gasteiger partial charge in [-0.15, -0.1) is 0 Å². The molecular weight excluding hydrogens is 264 g/mol. The first-order valence-electron chi connectivity index (χ1n) is 7.33. The fourth-order valence-electron chi connectivity index (χ4n) is 2.47. The summed E-state index contributed by atoms with van der Waals surface area (Å²) >= 11 is 0. The number of aliphatic hydroxyl groups excluding tert-OH is 1. The first-order valence-corrected chi connectivity index (χ1v) is 7.33. The minimum atomic E-state index is 0.000139. The lowest BCUT2D eigenvalue weighted by Crippen LogP contribution is -2.38. The predicted molar refractivity (Wildman–Crippen MR) is 84.4 cm³/mol. The van der Waals surface area contributed by atoms with E-state index in [0.717, 1.165) is 16.6 Å². The highest BCUT2D eigenvalue weighted by atomic mass is 16.3. The van der Waals surface area contributed by atoms with Gasteiger partial charge in [-0.3, -0.25) is 9.78 Å². The lowest BCUT2D eigenvalue weighted by Gasteiger charge is -2.27. The van der Waals surface area contributed by atoms with E-state index in [1.165, 1.54) is 0 Å². The number of pyridine rings is 1. The first kappa shape index (κ1) is 15.4. The van der Waals surface area contributed by atoms with Gasteiger partial charge in [-0.05, 0) is 39.3 Å². The maximum Gasteiger partial charge on any atom is 0.254 e. The monoisotopic (exact) mass is 286 g/mol. The number of aliphatic hydroxyl groups is 1. The molecule has 21 heavy (non-hydrogen) atoms. The summed E-state index contributed by atoms with van der Waals surface area (Å²) < 4.78 is 0. The number of nitrogens with zero attached hydrogens (tertiary/aromatic N) is 2. The minimum absolute atomic E-state index is 0.000139. The number of benzene rings is 1. The molecule has 0 aliphatic heterocycles. The van der Waals surface area contributed by atoms with E-state index >= 15 is 0 Å². The number of amides is 1. The van der Waals surface area contributed by atoms with Gasteiger partial charge in [0, 0.05) is 30.3 Å². The lowest BCUT2D eigenvalue weighted by molar-refractivity contribution is 0.0695. The van der Waals surface area contributed by atoms with E-state index in [0.29, 0.717) is 18.5 Å². The summed E-state index contributed by atoms with van der Waals surface area (Å²) in [4.78, 5) is 19.2. The van der Waals surface area contributed by atoms with E-state index < -0.39 is 0 Å². The van der Waals surface area contributed by atoms with E-state index in [-0.39, 0.29) is 18.6 Å². The Bertz CT molecular complexity index is 638. The Morgan fingerprint density at radius 1 is 1.33 bits per heavy atom. The highest BCUT2D eigenvalue weighted by Gasteiger charge is 2.20. The Morgan fingerprint density at radius 3 is 2.71 bits per heavy atom. The number of fused-ring (bicyclic) bond motifs is 1. The lowest BCUT2D eigenvalue weighted by atomic mass is 10.1. The highest BCUT2D eigenvalue weighted by molar-refractivity contribution is 6.06. The van der Waals surface area contributed by atoms with E-state index in [2.05, 4.69) is 4.98 Å². The Hall–Kier alpha value is -1.94. The van der Waals surface area contributed by atoms with Gasteiger partial charge in [0.15, 0.2) is 0 Å². The average Bonchev–Trinajstić information content (AvgIpc) is 2.46. The van der Waals surface area contributed by atoms with Crippen molar-refractivity contribution in [3.8, 4) is 0 Å². The van der Waals surface area contributed by atoms with Crippen LogP contribution in [0.25, 0.3) is 10.9 Å². The number of para-hydroxylation sites is 1. The largest absolute Gasteiger partial charge is 0.396 e. The number of rotatable bonds is 5. The van der Waals surface area contributed by atoms with Crippen molar-refractivity contribution in [3.05, 3.63) is 41.6 Å². The molecule has 0 unspecified atom stereocenters. The van der Waals surface area contributed by atoms with Gasteiger partial charge in [0.05, 0.1) is 11.1 Å². The molecule has 2 aromatic rings. The van der Waals surface area contributed by atoms with Gasteiger partial charge >= 0.3 is 0 Å². The molecule has 0 bridgehead atoms. The molecule has 1 N–H and O–H groups in total. The summed E-state index contributed by atoms with van der Waals surface area (Å²) in [5.74, 6) is 0.000139. The van der Waals surface area contributed by atoms with Gasteiger partial charge in [-0.2, -0.15) is 0 Å². The third-order valence-electron chi connectivity index (χ3n) is 3.52. The summed E-state index contributed by atoms with van der Waals surface area (Å²) in [5, 5.41) is 9.89. The average molecular weight is 286 g/mol. The zero-order valence-corrected chi connectivity index (χ0v) is 12.8. The molecule has 0 fully saturated rings. The normalized spacial score (nSPS) is 11.1. The van der Waals surface area contributed by atoms with Crippen LogP contribution < -0.4 is 0 Å². The number of aryl methyl sites for hydroxylation is 1. The van der Waals surface area contributed by atoms with Gasteiger partial charge in [0.25, 0.3) is 5.91 Å². The number of carbonyl (C=O) groups excluding carboxylic acids is 1. The molecule has 0 aliphatic carbocycles. The molecule has 4 nitrogen and oxygen atoms in total. The number of carbonyl (C=O) groups is 1. The standard InChI is InChI=1S/C17H22N2O2/c1-12(2)19(9-6-10-20)17(21)15-11-13(3)18-16-8-5-4-7-14(15)16/h4-5,7-8,11-12,20H,6,9-10H2,1-3H3. The van der Waals surface area contributed by atoms with Gasteiger partial charge in [-0.25, -0.2) is 0 Å². The van der Waals surface area contributed by atoms with Crippen molar-refractivity contribution in [2.24, 2.45) is 0 Å². The summed E-state index contributed by atoms with van der Waals surface area (Å²) in [5.41, 5.74) is 2.36. The summed E-state index contributed by atoms with van der Waals surface area (Å²) in [7, 11) is 0. The molecule has 0 spiro atoms. The van der Waals surface area contributed by atoms with Gasteiger partial charge in [0.2, 0.25) is 0 Å². The molecule has 0 aliphatic rings. The summed E-state index contributed by atoms with van der Waals surface area (Å²) in [6, 6.07) is 9.64. The van der Waals surface area contributed by atoms with E-state index in [4.69, 9.17) is 5.11 Å². The van der Waals surface area contributed by atoms with Crippen LogP contribution in [-0.2, 0) is 0 Å². The third-order valence-corrected chi connectivity index (χ3v) is 3.52. The zero-order chi connectivity index (χ0) is 15.4.